The molecule has 21 heavy (non-hydrogen) atoms. The van der Waals surface area contributed by atoms with E-state index in [4.69, 9.17) is 0 Å². The molecular weight excluding hydrogens is 285 g/mol. The van der Waals surface area contributed by atoms with Crippen LogP contribution in [0.4, 0.5) is 13.2 Å². The Morgan fingerprint density at radius 2 is 1.95 bits per heavy atom. The van der Waals surface area contributed by atoms with Crippen LogP contribution in [0, 0.1) is 13.8 Å². The SMILES string of the molecule is Cc1cc(C(=O)Cn2cc(C(F)(F)F)ccc2=O)c(C)[nH]1. The van der Waals surface area contributed by atoms with Crippen molar-refractivity contribution < 1.29 is 18.0 Å². The van der Waals surface area contributed by atoms with Gasteiger partial charge in [-0.05, 0) is 26.0 Å². The van der Waals surface area contributed by atoms with Crippen molar-refractivity contribution in [3.05, 3.63) is 57.3 Å². The number of hydrogen-bond donors (Lipinski definition) is 1. The minimum Gasteiger partial charge on any atom is -0.362 e. The lowest BCUT2D eigenvalue weighted by Gasteiger charge is -2.10. The summed E-state index contributed by atoms with van der Waals surface area (Å²) in [5.41, 5.74) is 0.153. The fraction of sp³-hybridized carbons (Fsp3) is 0.286. The van der Waals surface area contributed by atoms with Gasteiger partial charge in [0.25, 0.3) is 5.56 Å². The molecule has 1 N–H and O–H groups in total. The van der Waals surface area contributed by atoms with Gasteiger partial charge in [-0.2, -0.15) is 13.2 Å². The number of hydrogen-bond acceptors (Lipinski definition) is 2. The van der Waals surface area contributed by atoms with Crippen molar-refractivity contribution in [1.29, 1.82) is 0 Å². The molecule has 0 aliphatic rings. The number of H-pyrrole nitrogens is 1. The van der Waals surface area contributed by atoms with Crippen molar-refractivity contribution in [2.45, 2.75) is 26.6 Å². The molecule has 0 saturated carbocycles. The van der Waals surface area contributed by atoms with Gasteiger partial charge in [-0.25, -0.2) is 0 Å². The Morgan fingerprint density at radius 3 is 2.48 bits per heavy atom. The third kappa shape index (κ3) is 3.24. The summed E-state index contributed by atoms with van der Waals surface area (Å²) in [6, 6.07) is 3.12. The third-order valence-corrected chi connectivity index (χ3v) is 3.07. The predicted octanol–water partition coefficient (Wildman–Crippen LogP) is 2.69. The van der Waals surface area contributed by atoms with Crippen molar-refractivity contribution in [1.82, 2.24) is 9.55 Å². The van der Waals surface area contributed by atoms with Crippen molar-refractivity contribution in [3.63, 3.8) is 0 Å². The summed E-state index contributed by atoms with van der Waals surface area (Å²) >= 11 is 0. The largest absolute Gasteiger partial charge is 0.417 e. The Balaban J connectivity index is 2.33. The van der Waals surface area contributed by atoms with Gasteiger partial charge in [0.05, 0.1) is 12.1 Å². The highest BCUT2D eigenvalue weighted by molar-refractivity contribution is 5.97. The van der Waals surface area contributed by atoms with E-state index in [1.165, 1.54) is 0 Å². The molecule has 0 aliphatic carbocycles. The molecule has 0 fully saturated rings. The zero-order chi connectivity index (χ0) is 15.8. The van der Waals surface area contributed by atoms with Crippen molar-refractivity contribution >= 4 is 5.78 Å². The van der Waals surface area contributed by atoms with Gasteiger partial charge in [-0.15, -0.1) is 0 Å². The molecule has 2 rings (SSSR count). The number of rotatable bonds is 3. The summed E-state index contributed by atoms with van der Waals surface area (Å²) in [7, 11) is 0. The maximum atomic E-state index is 12.6. The fourth-order valence-electron chi connectivity index (χ4n) is 2.08. The van der Waals surface area contributed by atoms with Gasteiger partial charge < -0.3 is 9.55 Å². The molecule has 112 valence electrons. The Hall–Kier alpha value is -2.31. The number of pyridine rings is 1. The van der Waals surface area contributed by atoms with Crippen LogP contribution in [0.1, 0.15) is 27.3 Å². The molecular formula is C14H13F3N2O2. The van der Waals surface area contributed by atoms with E-state index >= 15 is 0 Å². The van der Waals surface area contributed by atoms with Crippen LogP contribution in [-0.2, 0) is 12.7 Å². The van der Waals surface area contributed by atoms with E-state index in [1.807, 2.05) is 0 Å². The second kappa shape index (κ2) is 5.23. The van der Waals surface area contributed by atoms with Gasteiger partial charge in [0.2, 0.25) is 0 Å². The minimum atomic E-state index is -4.56. The first-order valence-electron chi connectivity index (χ1n) is 6.15. The molecule has 0 unspecified atom stereocenters. The molecule has 2 aromatic rings. The number of ketones is 1. The maximum absolute atomic E-state index is 12.6. The summed E-state index contributed by atoms with van der Waals surface area (Å²) in [4.78, 5) is 26.6. The van der Waals surface area contributed by atoms with Crippen molar-refractivity contribution in [3.8, 4) is 0 Å². The number of nitrogens with zero attached hydrogens (tertiary/aromatic N) is 1. The first kappa shape index (κ1) is 15.1. The lowest BCUT2D eigenvalue weighted by Crippen LogP contribution is -2.25. The molecule has 0 saturated heterocycles. The lowest BCUT2D eigenvalue weighted by atomic mass is 10.1. The maximum Gasteiger partial charge on any atom is 0.417 e. The highest BCUT2D eigenvalue weighted by atomic mass is 19.4. The number of carbonyl (C=O) groups excluding carboxylic acids is 1. The smallest absolute Gasteiger partial charge is 0.362 e. The normalized spacial score (nSPS) is 11.7. The number of aromatic amines is 1. The standard InChI is InChI=1S/C14H13F3N2O2/c1-8-5-11(9(2)18-8)12(20)7-19-6-10(14(15,16)17)3-4-13(19)21/h3-6,18H,7H2,1-2H3. The van der Waals surface area contributed by atoms with Crippen LogP contribution in [0.15, 0.2) is 29.2 Å². The van der Waals surface area contributed by atoms with E-state index in [9.17, 15) is 22.8 Å². The van der Waals surface area contributed by atoms with Crippen LogP contribution in [0.2, 0.25) is 0 Å². The average Bonchev–Trinajstić information content (AvgIpc) is 2.70. The molecule has 7 heteroatoms. The van der Waals surface area contributed by atoms with Crippen LogP contribution >= 0.6 is 0 Å². The highest BCUT2D eigenvalue weighted by Crippen LogP contribution is 2.28. The second-order valence-electron chi connectivity index (χ2n) is 4.80. The van der Waals surface area contributed by atoms with Gasteiger partial charge in [0.15, 0.2) is 5.78 Å². The Morgan fingerprint density at radius 1 is 1.29 bits per heavy atom. The number of aryl methyl sites for hydroxylation is 2. The Bertz CT molecular complexity index is 741. The van der Waals surface area contributed by atoms with Gasteiger partial charge >= 0.3 is 6.18 Å². The van der Waals surface area contributed by atoms with E-state index in [0.717, 1.165) is 16.3 Å². The van der Waals surface area contributed by atoms with Crippen LogP contribution in [0.25, 0.3) is 0 Å². The number of halogens is 3. The molecule has 4 nitrogen and oxygen atoms in total. The fourth-order valence-corrected chi connectivity index (χ4v) is 2.08. The number of Topliss-reactive ketones (excluding diaryl/α,β-unsaturated/α-hetero) is 1. The van der Waals surface area contributed by atoms with Crippen LogP contribution in [0.5, 0.6) is 0 Å². The quantitative estimate of drug-likeness (QED) is 0.886. The minimum absolute atomic E-state index is 0.372. The van der Waals surface area contributed by atoms with Gasteiger partial charge in [0.1, 0.15) is 0 Å². The molecule has 2 heterocycles. The second-order valence-corrected chi connectivity index (χ2v) is 4.80. The zero-order valence-corrected chi connectivity index (χ0v) is 11.4. The summed E-state index contributed by atoms with van der Waals surface area (Å²) in [6.07, 6.45) is -3.89. The highest BCUT2D eigenvalue weighted by Gasteiger charge is 2.31. The monoisotopic (exact) mass is 298 g/mol. The zero-order valence-electron chi connectivity index (χ0n) is 11.4. The van der Waals surface area contributed by atoms with E-state index in [-0.39, 0.29) is 0 Å². The van der Waals surface area contributed by atoms with Gasteiger partial charge in [0, 0.05) is 29.2 Å². The molecule has 0 aromatic carbocycles. The number of alkyl halides is 3. The predicted molar refractivity (Wildman–Crippen MR) is 70.3 cm³/mol. The average molecular weight is 298 g/mol. The van der Waals surface area contributed by atoms with Crippen molar-refractivity contribution in [2.75, 3.05) is 0 Å². The van der Waals surface area contributed by atoms with E-state index in [2.05, 4.69) is 4.98 Å². The molecule has 0 aliphatic heterocycles. The molecule has 0 atom stereocenters. The van der Waals surface area contributed by atoms with Gasteiger partial charge in [-0.3, -0.25) is 9.59 Å². The van der Waals surface area contributed by atoms with E-state index in [0.29, 0.717) is 23.5 Å². The van der Waals surface area contributed by atoms with Crippen molar-refractivity contribution in [2.24, 2.45) is 0 Å². The van der Waals surface area contributed by atoms with E-state index in [1.54, 1.807) is 19.9 Å². The first-order chi connectivity index (χ1) is 9.68. The van der Waals surface area contributed by atoms with Crippen LogP contribution < -0.4 is 5.56 Å². The molecule has 0 amide bonds. The van der Waals surface area contributed by atoms with E-state index < -0.39 is 29.6 Å². The Labute approximate surface area is 118 Å². The lowest BCUT2D eigenvalue weighted by molar-refractivity contribution is -0.138. The summed E-state index contributed by atoms with van der Waals surface area (Å²) in [5.74, 6) is -0.418. The van der Waals surface area contributed by atoms with Crippen LogP contribution in [0.3, 0.4) is 0 Å². The molecule has 0 radical (unpaired) electrons. The third-order valence-electron chi connectivity index (χ3n) is 3.07. The number of aromatic nitrogens is 2. The number of carbonyl (C=O) groups is 1. The van der Waals surface area contributed by atoms with Gasteiger partial charge in [-0.1, -0.05) is 0 Å². The topological polar surface area (TPSA) is 54.9 Å². The molecule has 0 bridgehead atoms. The summed E-state index contributed by atoms with van der Waals surface area (Å²) in [5, 5.41) is 0. The Kier molecular flexibility index (Phi) is 3.76. The molecule has 0 spiro atoms. The van der Waals surface area contributed by atoms with Crippen LogP contribution in [-0.4, -0.2) is 15.3 Å². The summed E-state index contributed by atoms with van der Waals surface area (Å²) in [6.45, 7) is 3.02. The number of nitrogens with one attached hydrogen (secondary N) is 1. The summed E-state index contributed by atoms with van der Waals surface area (Å²) < 4.78 is 38.6. The first-order valence-corrected chi connectivity index (χ1v) is 6.15. The molecule has 2 aromatic heterocycles.